The van der Waals surface area contributed by atoms with Crippen molar-refractivity contribution in [3.63, 3.8) is 0 Å². The maximum atomic E-state index is 11.5. The van der Waals surface area contributed by atoms with E-state index in [0.717, 1.165) is 25.7 Å². The van der Waals surface area contributed by atoms with Gasteiger partial charge in [-0.1, -0.05) is 52.9 Å². The highest BCUT2D eigenvalue weighted by molar-refractivity contribution is 5.71. The van der Waals surface area contributed by atoms with Gasteiger partial charge in [0.15, 0.2) is 0 Å². The lowest BCUT2D eigenvalue weighted by molar-refractivity contribution is -0.148. The summed E-state index contributed by atoms with van der Waals surface area (Å²) in [6.07, 6.45) is 7.95. The van der Waals surface area contributed by atoms with Gasteiger partial charge in [0.05, 0.1) is 12.5 Å². The second kappa shape index (κ2) is 10.0. The Bertz CT molecular complexity index is 155. The lowest BCUT2D eigenvalue weighted by Gasteiger charge is -2.10. The first kappa shape index (κ1) is 14.5. The molecule has 0 rings (SSSR count). The standard InChI is InChI=1S/C13H26O2/c1-4-6-8-9-10-12(3)13(14)15-11-7-5-2/h12H,4-11H2,1-3H3. The second-order valence-electron chi connectivity index (χ2n) is 4.27. The fraction of sp³-hybridized carbons (Fsp3) is 0.923. The van der Waals surface area contributed by atoms with Gasteiger partial charge in [0.2, 0.25) is 0 Å². The normalized spacial score (nSPS) is 12.5. The van der Waals surface area contributed by atoms with Crippen molar-refractivity contribution < 1.29 is 9.53 Å². The molecule has 1 unspecified atom stereocenters. The third kappa shape index (κ3) is 8.46. The molecule has 0 aromatic rings. The Morgan fingerprint density at radius 2 is 1.73 bits per heavy atom. The molecule has 0 spiro atoms. The van der Waals surface area contributed by atoms with E-state index in [1.54, 1.807) is 0 Å². The van der Waals surface area contributed by atoms with E-state index in [4.69, 9.17) is 4.74 Å². The number of carbonyl (C=O) groups excluding carboxylic acids is 1. The molecule has 0 heterocycles. The van der Waals surface area contributed by atoms with Gasteiger partial charge >= 0.3 is 5.97 Å². The van der Waals surface area contributed by atoms with Crippen molar-refractivity contribution in [2.24, 2.45) is 5.92 Å². The molecule has 0 aliphatic heterocycles. The van der Waals surface area contributed by atoms with E-state index < -0.39 is 0 Å². The number of rotatable bonds is 9. The molecule has 0 bridgehead atoms. The third-order valence-electron chi connectivity index (χ3n) is 2.64. The summed E-state index contributed by atoms with van der Waals surface area (Å²) in [6.45, 7) is 6.86. The molecular formula is C13H26O2. The first-order chi connectivity index (χ1) is 7.22. The predicted molar refractivity (Wildman–Crippen MR) is 63.8 cm³/mol. The average Bonchev–Trinajstić information content (AvgIpc) is 2.24. The SMILES string of the molecule is CCCCCCC(C)C(=O)OCCCC. The molecule has 15 heavy (non-hydrogen) atoms. The van der Waals surface area contributed by atoms with E-state index >= 15 is 0 Å². The van der Waals surface area contributed by atoms with Crippen LogP contribution in [0.3, 0.4) is 0 Å². The van der Waals surface area contributed by atoms with Gasteiger partial charge < -0.3 is 4.74 Å². The molecule has 0 saturated carbocycles. The highest BCUT2D eigenvalue weighted by Gasteiger charge is 2.13. The molecule has 0 aromatic carbocycles. The van der Waals surface area contributed by atoms with Gasteiger partial charge in [-0.15, -0.1) is 0 Å². The van der Waals surface area contributed by atoms with Gasteiger partial charge in [0, 0.05) is 0 Å². The van der Waals surface area contributed by atoms with Crippen LogP contribution in [0.5, 0.6) is 0 Å². The Morgan fingerprint density at radius 1 is 1.07 bits per heavy atom. The first-order valence-corrected chi connectivity index (χ1v) is 6.39. The van der Waals surface area contributed by atoms with Gasteiger partial charge in [-0.3, -0.25) is 4.79 Å². The van der Waals surface area contributed by atoms with Crippen molar-refractivity contribution in [1.29, 1.82) is 0 Å². The van der Waals surface area contributed by atoms with E-state index in [0.29, 0.717) is 6.61 Å². The molecule has 0 aliphatic rings. The number of unbranched alkanes of at least 4 members (excludes halogenated alkanes) is 4. The summed E-state index contributed by atoms with van der Waals surface area (Å²) in [7, 11) is 0. The first-order valence-electron chi connectivity index (χ1n) is 6.39. The minimum Gasteiger partial charge on any atom is -0.465 e. The zero-order chi connectivity index (χ0) is 11.5. The van der Waals surface area contributed by atoms with Gasteiger partial charge in [0.1, 0.15) is 0 Å². The van der Waals surface area contributed by atoms with E-state index in [1.807, 2.05) is 6.92 Å². The molecule has 0 N–H and O–H groups in total. The van der Waals surface area contributed by atoms with Gasteiger partial charge in [-0.2, -0.15) is 0 Å². The van der Waals surface area contributed by atoms with Crippen molar-refractivity contribution in [3.05, 3.63) is 0 Å². The largest absolute Gasteiger partial charge is 0.465 e. The zero-order valence-electron chi connectivity index (χ0n) is 10.6. The van der Waals surface area contributed by atoms with Crippen molar-refractivity contribution in [1.82, 2.24) is 0 Å². The smallest absolute Gasteiger partial charge is 0.308 e. The van der Waals surface area contributed by atoms with Crippen LogP contribution in [0.2, 0.25) is 0 Å². The summed E-state index contributed by atoms with van der Waals surface area (Å²) in [5.41, 5.74) is 0. The second-order valence-corrected chi connectivity index (χ2v) is 4.27. The van der Waals surface area contributed by atoms with Crippen LogP contribution in [-0.4, -0.2) is 12.6 Å². The molecular weight excluding hydrogens is 188 g/mol. The summed E-state index contributed by atoms with van der Waals surface area (Å²) in [4.78, 5) is 11.5. The number of hydrogen-bond acceptors (Lipinski definition) is 2. The number of carbonyl (C=O) groups is 1. The third-order valence-corrected chi connectivity index (χ3v) is 2.64. The van der Waals surface area contributed by atoms with E-state index in [2.05, 4.69) is 13.8 Å². The van der Waals surface area contributed by atoms with E-state index in [-0.39, 0.29) is 11.9 Å². The lowest BCUT2D eigenvalue weighted by atomic mass is 10.0. The quantitative estimate of drug-likeness (QED) is 0.429. The summed E-state index contributed by atoms with van der Waals surface area (Å²) in [5, 5.41) is 0. The Labute approximate surface area is 94.4 Å². The molecule has 0 aromatic heterocycles. The molecule has 0 aliphatic carbocycles. The van der Waals surface area contributed by atoms with Gasteiger partial charge in [-0.25, -0.2) is 0 Å². The summed E-state index contributed by atoms with van der Waals surface area (Å²) in [6, 6.07) is 0. The summed E-state index contributed by atoms with van der Waals surface area (Å²) in [5.74, 6) is 0.0682. The monoisotopic (exact) mass is 214 g/mol. The van der Waals surface area contributed by atoms with Crippen LogP contribution < -0.4 is 0 Å². The fourth-order valence-electron chi connectivity index (χ4n) is 1.45. The topological polar surface area (TPSA) is 26.3 Å². The molecule has 0 fully saturated rings. The van der Waals surface area contributed by atoms with Crippen LogP contribution in [0.1, 0.15) is 65.7 Å². The number of hydrogen-bond donors (Lipinski definition) is 0. The maximum absolute atomic E-state index is 11.5. The van der Waals surface area contributed by atoms with Crippen LogP contribution in [0.15, 0.2) is 0 Å². The van der Waals surface area contributed by atoms with E-state index in [9.17, 15) is 4.79 Å². The van der Waals surface area contributed by atoms with Crippen molar-refractivity contribution in [3.8, 4) is 0 Å². The minimum absolute atomic E-state index is 0.0139. The lowest BCUT2D eigenvalue weighted by Crippen LogP contribution is -2.15. The highest BCUT2D eigenvalue weighted by Crippen LogP contribution is 2.12. The molecule has 2 heteroatoms. The van der Waals surface area contributed by atoms with E-state index in [1.165, 1.54) is 19.3 Å². The Hall–Kier alpha value is -0.530. The molecule has 0 saturated heterocycles. The van der Waals surface area contributed by atoms with Crippen LogP contribution in [0.25, 0.3) is 0 Å². The average molecular weight is 214 g/mol. The van der Waals surface area contributed by atoms with Crippen LogP contribution in [-0.2, 0) is 9.53 Å². The highest BCUT2D eigenvalue weighted by atomic mass is 16.5. The van der Waals surface area contributed by atoms with Crippen LogP contribution >= 0.6 is 0 Å². The predicted octanol–water partition coefficient (Wildman–Crippen LogP) is 3.94. The molecule has 0 amide bonds. The molecule has 0 radical (unpaired) electrons. The Kier molecular flexibility index (Phi) is 9.65. The summed E-state index contributed by atoms with van der Waals surface area (Å²) < 4.78 is 5.16. The number of esters is 1. The van der Waals surface area contributed by atoms with Gasteiger partial charge in [-0.05, 0) is 12.8 Å². The van der Waals surface area contributed by atoms with Gasteiger partial charge in [0.25, 0.3) is 0 Å². The Balaban J connectivity index is 3.42. The fourth-order valence-corrected chi connectivity index (χ4v) is 1.45. The minimum atomic E-state index is -0.0139. The summed E-state index contributed by atoms with van der Waals surface area (Å²) >= 11 is 0. The Morgan fingerprint density at radius 3 is 2.33 bits per heavy atom. The van der Waals surface area contributed by atoms with Crippen LogP contribution in [0, 0.1) is 5.92 Å². The number of ether oxygens (including phenoxy) is 1. The zero-order valence-corrected chi connectivity index (χ0v) is 10.6. The van der Waals surface area contributed by atoms with Crippen molar-refractivity contribution in [2.45, 2.75) is 65.7 Å². The maximum Gasteiger partial charge on any atom is 0.308 e. The van der Waals surface area contributed by atoms with Crippen LogP contribution in [0.4, 0.5) is 0 Å². The molecule has 1 atom stereocenters. The molecule has 90 valence electrons. The van der Waals surface area contributed by atoms with Crippen molar-refractivity contribution in [2.75, 3.05) is 6.61 Å². The van der Waals surface area contributed by atoms with Crippen molar-refractivity contribution >= 4 is 5.97 Å². The molecule has 2 nitrogen and oxygen atoms in total.